The van der Waals surface area contributed by atoms with Crippen LogP contribution in [0.4, 0.5) is 4.39 Å². The van der Waals surface area contributed by atoms with Gasteiger partial charge in [-0.05, 0) is 38.8 Å². The molecule has 4 heteroatoms. The monoisotopic (exact) mass is 275 g/mol. The van der Waals surface area contributed by atoms with Crippen LogP contribution in [0, 0.1) is 5.82 Å². The summed E-state index contributed by atoms with van der Waals surface area (Å²) in [6.45, 7) is 4.91. The molecule has 1 aliphatic rings. The lowest BCUT2D eigenvalue weighted by Crippen LogP contribution is -2.35. The van der Waals surface area contributed by atoms with Crippen LogP contribution in [-0.4, -0.2) is 16.1 Å². The van der Waals surface area contributed by atoms with E-state index in [-0.39, 0.29) is 11.2 Å². The molecule has 0 saturated heterocycles. The molecule has 1 fully saturated rings. The van der Waals surface area contributed by atoms with Crippen LogP contribution in [0.2, 0.25) is 0 Å². The van der Waals surface area contributed by atoms with Gasteiger partial charge in [0.25, 0.3) is 0 Å². The van der Waals surface area contributed by atoms with Crippen LogP contribution in [0.5, 0.6) is 0 Å². The van der Waals surface area contributed by atoms with Crippen molar-refractivity contribution in [2.24, 2.45) is 5.73 Å². The van der Waals surface area contributed by atoms with Gasteiger partial charge in [-0.15, -0.1) is 0 Å². The summed E-state index contributed by atoms with van der Waals surface area (Å²) in [6.07, 6.45) is 4.57. The van der Waals surface area contributed by atoms with Gasteiger partial charge in [-0.1, -0.05) is 12.8 Å². The van der Waals surface area contributed by atoms with E-state index in [1.807, 2.05) is 6.07 Å². The Morgan fingerprint density at radius 3 is 2.65 bits per heavy atom. The molecular weight excluding hydrogens is 253 g/mol. The molecule has 0 aliphatic heterocycles. The van der Waals surface area contributed by atoms with Crippen LogP contribution in [0.3, 0.4) is 0 Å². The minimum absolute atomic E-state index is 0.0280. The number of aromatic nitrogens is 2. The Balaban J connectivity index is 2.26. The van der Waals surface area contributed by atoms with Crippen molar-refractivity contribution in [3.63, 3.8) is 0 Å². The SMILES string of the molecule is CC(C)n1c(C2(CN)CCCC2)nc2cc(F)ccc21. The highest BCUT2D eigenvalue weighted by Crippen LogP contribution is 2.41. The smallest absolute Gasteiger partial charge is 0.125 e. The van der Waals surface area contributed by atoms with Gasteiger partial charge < -0.3 is 10.3 Å². The average Bonchev–Trinajstić information content (AvgIpc) is 3.02. The minimum Gasteiger partial charge on any atom is -0.329 e. The van der Waals surface area contributed by atoms with E-state index in [9.17, 15) is 4.39 Å². The fraction of sp³-hybridized carbons (Fsp3) is 0.562. The highest BCUT2D eigenvalue weighted by Gasteiger charge is 2.39. The van der Waals surface area contributed by atoms with Gasteiger partial charge >= 0.3 is 0 Å². The van der Waals surface area contributed by atoms with E-state index in [0.717, 1.165) is 29.7 Å². The Hall–Kier alpha value is -1.42. The molecule has 2 aromatic rings. The molecule has 3 rings (SSSR count). The maximum absolute atomic E-state index is 13.5. The normalized spacial score (nSPS) is 18.2. The van der Waals surface area contributed by atoms with Gasteiger partial charge in [0.2, 0.25) is 0 Å². The van der Waals surface area contributed by atoms with Gasteiger partial charge in [0.05, 0.1) is 11.0 Å². The Kier molecular flexibility index (Phi) is 3.28. The number of fused-ring (bicyclic) bond motifs is 1. The van der Waals surface area contributed by atoms with Crippen molar-refractivity contribution in [1.29, 1.82) is 0 Å². The summed E-state index contributed by atoms with van der Waals surface area (Å²) < 4.78 is 15.7. The number of rotatable bonds is 3. The highest BCUT2D eigenvalue weighted by atomic mass is 19.1. The number of halogens is 1. The van der Waals surface area contributed by atoms with Crippen molar-refractivity contribution >= 4 is 11.0 Å². The molecule has 1 aromatic carbocycles. The summed E-state index contributed by atoms with van der Waals surface area (Å²) in [5, 5.41) is 0. The van der Waals surface area contributed by atoms with Crippen molar-refractivity contribution in [3.8, 4) is 0 Å². The first-order valence-corrected chi connectivity index (χ1v) is 7.45. The van der Waals surface area contributed by atoms with E-state index >= 15 is 0 Å². The average molecular weight is 275 g/mol. The molecule has 3 nitrogen and oxygen atoms in total. The second-order valence-corrected chi connectivity index (χ2v) is 6.22. The molecule has 108 valence electrons. The van der Waals surface area contributed by atoms with E-state index in [1.165, 1.54) is 25.0 Å². The molecule has 0 unspecified atom stereocenters. The third kappa shape index (κ3) is 1.94. The van der Waals surface area contributed by atoms with Gasteiger partial charge in [0, 0.05) is 24.1 Å². The Labute approximate surface area is 119 Å². The summed E-state index contributed by atoms with van der Waals surface area (Å²) in [5.41, 5.74) is 7.82. The molecular formula is C16H22FN3. The predicted molar refractivity (Wildman–Crippen MR) is 79.3 cm³/mol. The maximum atomic E-state index is 13.5. The first-order chi connectivity index (χ1) is 9.57. The Morgan fingerprint density at radius 1 is 1.35 bits per heavy atom. The molecule has 0 amide bonds. The quantitative estimate of drug-likeness (QED) is 0.931. The van der Waals surface area contributed by atoms with Gasteiger partial charge in [-0.3, -0.25) is 0 Å². The van der Waals surface area contributed by atoms with E-state index in [0.29, 0.717) is 12.6 Å². The molecule has 1 aromatic heterocycles. The zero-order chi connectivity index (χ0) is 14.3. The maximum Gasteiger partial charge on any atom is 0.125 e. The Bertz CT molecular complexity index is 624. The van der Waals surface area contributed by atoms with E-state index in [4.69, 9.17) is 10.7 Å². The second kappa shape index (κ2) is 4.85. The molecule has 1 aliphatic carbocycles. The lowest BCUT2D eigenvalue weighted by atomic mass is 9.85. The first kappa shape index (κ1) is 13.6. The third-order valence-electron chi connectivity index (χ3n) is 4.59. The van der Waals surface area contributed by atoms with Crippen LogP contribution < -0.4 is 5.73 Å². The predicted octanol–water partition coefficient (Wildman–Crippen LogP) is 3.53. The molecule has 0 bridgehead atoms. The molecule has 0 radical (unpaired) electrons. The summed E-state index contributed by atoms with van der Waals surface area (Å²) in [7, 11) is 0. The van der Waals surface area contributed by atoms with Crippen molar-refractivity contribution < 1.29 is 4.39 Å². The number of benzene rings is 1. The van der Waals surface area contributed by atoms with Crippen LogP contribution in [-0.2, 0) is 5.41 Å². The van der Waals surface area contributed by atoms with Gasteiger partial charge in [-0.25, -0.2) is 9.37 Å². The molecule has 1 heterocycles. The van der Waals surface area contributed by atoms with E-state index < -0.39 is 0 Å². The molecule has 2 N–H and O–H groups in total. The zero-order valence-corrected chi connectivity index (χ0v) is 12.2. The third-order valence-corrected chi connectivity index (χ3v) is 4.59. The zero-order valence-electron chi connectivity index (χ0n) is 12.2. The van der Waals surface area contributed by atoms with Crippen molar-refractivity contribution in [2.45, 2.75) is 51.0 Å². The lowest BCUT2D eigenvalue weighted by Gasteiger charge is -2.29. The Morgan fingerprint density at radius 2 is 2.05 bits per heavy atom. The van der Waals surface area contributed by atoms with Crippen LogP contribution >= 0.6 is 0 Å². The standard InChI is InChI=1S/C16H22FN3/c1-11(2)20-14-6-5-12(17)9-13(14)19-15(20)16(10-18)7-3-4-8-16/h5-6,9,11H,3-4,7-8,10,18H2,1-2H3. The summed E-state index contributed by atoms with van der Waals surface area (Å²) in [4.78, 5) is 4.76. The van der Waals surface area contributed by atoms with Gasteiger partial charge in [0.15, 0.2) is 0 Å². The number of imidazole rings is 1. The van der Waals surface area contributed by atoms with Crippen molar-refractivity contribution in [3.05, 3.63) is 29.8 Å². The summed E-state index contributed by atoms with van der Waals surface area (Å²) >= 11 is 0. The molecule has 20 heavy (non-hydrogen) atoms. The number of hydrogen-bond donors (Lipinski definition) is 1. The van der Waals surface area contributed by atoms with Crippen molar-refractivity contribution in [1.82, 2.24) is 9.55 Å². The second-order valence-electron chi connectivity index (χ2n) is 6.22. The van der Waals surface area contributed by atoms with Gasteiger partial charge in [-0.2, -0.15) is 0 Å². The topological polar surface area (TPSA) is 43.8 Å². The van der Waals surface area contributed by atoms with E-state index in [1.54, 1.807) is 0 Å². The van der Waals surface area contributed by atoms with Crippen LogP contribution in [0.25, 0.3) is 11.0 Å². The number of nitrogens with zero attached hydrogens (tertiary/aromatic N) is 2. The number of hydrogen-bond acceptors (Lipinski definition) is 2. The van der Waals surface area contributed by atoms with Crippen molar-refractivity contribution in [2.75, 3.05) is 6.54 Å². The highest BCUT2D eigenvalue weighted by molar-refractivity contribution is 5.76. The van der Waals surface area contributed by atoms with Crippen LogP contribution in [0.15, 0.2) is 18.2 Å². The fourth-order valence-electron chi connectivity index (χ4n) is 3.54. The summed E-state index contributed by atoms with van der Waals surface area (Å²) in [5.74, 6) is 0.818. The largest absolute Gasteiger partial charge is 0.329 e. The first-order valence-electron chi connectivity index (χ1n) is 7.45. The molecule has 0 spiro atoms. The lowest BCUT2D eigenvalue weighted by molar-refractivity contribution is 0.393. The minimum atomic E-state index is -0.231. The fourth-order valence-corrected chi connectivity index (χ4v) is 3.54. The molecule has 0 atom stereocenters. The molecule has 1 saturated carbocycles. The van der Waals surface area contributed by atoms with Crippen LogP contribution in [0.1, 0.15) is 51.4 Å². The van der Waals surface area contributed by atoms with Gasteiger partial charge in [0.1, 0.15) is 11.6 Å². The van der Waals surface area contributed by atoms with E-state index in [2.05, 4.69) is 18.4 Å². The number of nitrogens with two attached hydrogens (primary N) is 1. The summed E-state index contributed by atoms with van der Waals surface area (Å²) in [6, 6.07) is 5.16.